The molecule has 0 radical (unpaired) electrons. The molecule has 0 atom stereocenters. The van der Waals surface area contributed by atoms with Gasteiger partial charge in [-0.25, -0.2) is 4.98 Å². The lowest BCUT2D eigenvalue weighted by Gasteiger charge is -2.09. The third-order valence-corrected chi connectivity index (χ3v) is 5.79. The number of anilines is 1. The predicted octanol–water partition coefficient (Wildman–Crippen LogP) is 5.21. The fourth-order valence-corrected chi connectivity index (χ4v) is 3.99. The van der Waals surface area contributed by atoms with Gasteiger partial charge in [0.1, 0.15) is 0 Å². The van der Waals surface area contributed by atoms with Crippen molar-refractivity contribution in [3.05, 3.63) is 79.8 Å². The van der Waals surface area contributed by atoms with Crippen LogP contribution in [0.3, 0.4) is 0 Å². The van der Waals surface area contributed by atoms with Crippen molar-refractivity contribution >= 4 is 40.4 Å². The van der Waals surface area contributed by atoms with E-state index in [1.54, 1.807) is 54.3 Å². The van der Waals surface area contributed by atoms with Crippen molar-refractivity contribution in [3.63, 3.8) is 0 Å². The zero-order valence-electron chi connectivity index (χ0n) is 14.8. The van der Waals surface area contributed by atoms with Crippen LogP contribution in [0, 0.1) is 24.0 Å². The van der Waals surface area contributed by atoms with Gasteiger partial charge in [0.15, 0.2) is 0 Å². The Morgan fingerprint density at radius 1 is 1.22 bits per heavy atom. The van der Waals surface area contributed by atoms with Crippen LogP contribution in [0.1, 0.15) is 26.6 Å². The Hall–Kier alpha value is -2.71. The van der Waals surface area contributed by atoms with Crippen molar-refractivity contribution in [2.45, 2.75) is 24.5 Å². The van der Waals surface area contributed by atoms with E-state index in [0.29, 0.717) is 16.8 Å². The Bertz CT molecular complexity index is 984. The third-order valence-electron chi connectivity index (χ3n) is 3.92. The Morgan fingerprint density at radius 2 is 1.96 bits per heavy atom. The van der Waals surface area contributed by atoms with Crippen LogP contribution in [-0.4, -0.2) is 15.8 Å². The summed E-state index contributed by atoms with van der Waals surface area (Å²) in [6, 6.07) is 11.9. The van der Waals surface area contributed by atoms with Crippen LogP contribution in [0.4, 0.5) is 11.4 Å². The number of thiazole rings is 1. The number of aryl methyl sites for hydroxylation is 1. The number of carbonyl (C=O) groups is 1. The number of carbonyl (C=O) groups excluding carboxylic acids is 1. The molecular formula is C19H17N3O3S2. The predicted molar refractivity (Wildman–Crippen MR) is 109 cm³/mol. The molecule has 0 bridgehead atoms. The van der Waals surface area contributed by atoms with Crippen LogP contribution in [0.5, 0.6) is 0 Å². The van der Waals surface area contributed by atoms with Gasteiger partial charge >= 0.3 is 0 Å². The maximum absolute atomic E-state index is 12.4. The smallest absolute Gasteiger partial charge is 0.274 e. The molecule has 138 valence electrons. The maximum atomic E-state index is 12.4. The molecule has 1 amide bonds. The van der Waals surface area contributed by atoms with Crippen LogP contribution in [0.25, 0.3) is 0 Å². The second kappa shape index (κ2) is 8.32. The summed E-state index contributed by atoms with van der Waals surface area (Å²) in [5.74, 6) is 0.480. The zero-order chi connectivity index (χ0) is 19.4. The fraction of sp³-hybridized carbons (Fsp3) is 0.158. The van der Waals surface area contributed by atoms with Gasteiger partial charge < -0.3 is 5.32 Å². The Morgan fingerprint density at radius 3 is 2.59 bits per heavy atom. The van der Waals surface area contributed by atoms with Gasteiger partial charge in [-0.05, 0) is 44.2 Å². The normalized spacial score (nSPS) is 10.6. The first-order valence-electron chi connectivity index (χ1n) is 8.13. The summed E-state index contributed by atoms with van der Waals surface area (Å²) in [7, 11) is 0. The van der Waals surface area contributed by atoms with E-state index < -0.39 is 4.92 Å². The SMILES string of the molecule is Cc1nc(CSc2ccc(C(=O)Nc3cccc([N+](=O)[O-])c3C)cc2)cs1. The highest BCUT2D eigenvalue weighted by atomic mass is 32.2. The number of nitrogens with one attached hydrogen (secondary N) is 1. The first kappa shape index (κ1) is 19.1. The minimum atomic E-state index is -0.457. The topological polar surface area (TPSA) is 85.1 Å². The summed E-state index contributed by atoms with van der Waals surface area (Å²) in [4.78, 5) is 28.5. The molecule has 0 saturated heterocycles. The van der Waals surface area contributed by atoms with Crippen molar-refractivity contribution in [1.29, 1.82) is 0 Å². The highest BCUT2D eigenvalue weighted by Gasteiger charge is 2.15. The summed E-state index contributed by atoms with van der Waals surface area (Å²) in [6.07, 6.45) is 0. The first-order chi connectivity index (χ1) is 12.9. The van der Waals surface area contributed by atoms with Gasteiger partial charge in [0, 0.05) is 27.7 Å². The molecule has 0 aliphatic heterocycles. The average Bonchev–Trinajstić information content (AvgIpc) is 3.07. The maximum Gasteiger partial charge on any atom is 0.274 e. The molecule has 2 aromatic carbocycles. The first-order valence-corrected chi connectivity index (χ1v) is 10.00. The van der Waals surface area contributed by atoms with E-state index in [-0.39, 0.29) is 11.6 Å². The second-order valence-electron chi connectivity index (χ2n) is 5.83. The second-order valence-corrected chi connectivity index (χ2v) is 7.94. The van der Waals surface area contributed by atoms with Gasteiger partial charge in [0.05, 0.1) is 26.9 Å². The van der Waals surface area contributed by atoms with Gasteiger partial charge in [0.2, 0.25) is 0 Å². The number of nitro benzene ring substituents is 1. The minimum absolute atomic E-state index is 0.0168. The highest BCUT2D eigenvalue weighted by Crippen LogP contribution is 2.26. The van der Waals surface area contributed by atoms with Gasteiger partial charge in [-0.1, -0.05) is 6.07 Å². The molecule has 27 heavy (non-hydrogen) atoms. The van der Waals surface area contributed by atoms with E-state index in [1.165, 1.54) is 6.07 Å². The van der Waals surface area contributed by atoms with Crippen LogP contribution < -0.4 is 5.32 Å². The number of benzene rings is 2. The molecule has 0 spiro atoms. The molecule has 8 heteroatoms. The number of amides is 1. The lowest BCUT2D eigenvalue weighted by Crippen LogP contribution is -2.13. The van der Waals surface area contributed by atoms with Gasteiger partial charge in [-0.15, -0.1) is 23.1 Å². The minimum Gasteiger partial charge on any atom is -0.321 e. The Labute approximate surface area is 164 Å². The molecule has 1 N–H and O–H groups in total. The lowest BCUT2D eigenvalue weighted by molar-refractivity contribution is -0.385. The third kappa shape index (κ3) is 4.72. The molecule has 3 aromatic rings. The van der Waals surface area contributed by atoms with Crippen LogP contribution >= 0.6 is 23.1 Å². The number of rotatable bonds is 6. The zero-order valence-corrected chi connectivity index (χ0v) is 16.4. The van der Waals surface area contributed by atoms with Crippen molar-refractivity contribution in [3.8, 4) is 0 Å². The van der Waals surface area contributed by atoms with E-state index in [4.69, 9.17) is 0 Å². The molecule has 0 aliphatic rings. The standard InChI is InChI=1S/C19H17N3O3S2/c1-12-17(4-3-5-18(12)22(24)25)21-19(23)14-6-8-16(9-7-14)27-11-15-10-26-13(2)20-15/h3-10H,11H2,1-2H3,(H,21,23). The van der Waals surface area contributed by atoms with Crippen molar-refractivity contribution in [2.24, 2.45) is 0 Å². The summed E-state index contributed by atoms with van der Waals surface area (Å²) in [6.45, 7) is 3.60. The van der Waals surface area contributed by atoms with Crippen LogP contribution in [0.15, 0.2) is 52.7 Å². The number of nitrogens with zero attached hydrogens (tertiary/aromatic N) is 2. The van der Waals surface area contributed by atoms with E-state index >= 15 is 0 Å². The van der Waals surface area contributed by atoms with Crippen molar-refractivity contribution < 1.29 is 9.72 Å². The Kier molecular flexibility index (Phi) is 5.88. The molecule has 0 aliphatic carbocycles. The molecule has 6 nitrogen and oxygen atoms in total. The largest absolute Gasteiger partial charge is 0.321 e. The number of hydrogen-bond acceptors (Lipinski definition) is 6. The molecule has 1 aromatic heterocycles. The van der Waals surface area contributed by atoms with E-state index in [0.717, 1.165) is 21.3 Å². The monoisotopic (exact) mass is 399 g/mol. The Balaban J connectivity index is 1.65. The quantitative estimate of drug-likeness (QED) is 0.349. The molecular weight excluding hydrogens is 382 g/mol. The molecule has 0 fully saturated rings. The number of aromatic nitrogens is 1. The molecule has 1 heterocycles. The fourth-order valence-electron chi connectivity index (χ4n) is 2.49. The highest BCUT2D eigenvalue weighted by molar-refractivity contribution is 7.98. The number of nitro groups is 1. The van der Waals surface area contributed by atoms with Gasteiger partial charge in [0.25, 0.3) is 11.6 Å². The van der Waals surface area contributed by atoms with Crippen LogP contribution in [-0.2, 0) is 5.75 Å². The number of hydrogen-bond donors (Lipinski definition) is 1. The summed E-state index contributed by atoms with van der Waals surface area (Å²) >= 11 is 3.29. The van der Waals surface area contributed by atoms with Gasteiger partial charge in [-0.2, -0.15) is 0 Å². The summed E-state index contributed by atoms with van der Waals surface area (Å²) in [5, 5.41) is 16.9. The van der Waals surface area contributed by atoms with Crippen LogP contribution in [0.2, 0.25) is 0 Å². The van der Waals surface area contributed by atoms with E-state index in [9.17, 15) is 14.9 Å². The average molecular weight is 399 g/mol. The molecule has 0 saturated carbocycles. The van der Waals surface area contributed by atoms with E-state index in [2.05, 4.69) is 10.3 Å². The summed E-state index contributed by atoms with van der Waals surface area (Å²) < 4.78 is 0. The van der Waals surface area contributed by atoms with E-state index in [1.807, 2.05) is 24.4 Å². The van der Waals surface area contributed by atoms with Crippen molar-refractivity contribution in [1.82, 2.24) is 4.98 Å². The molecule has 3 rings (SSSR count). The molecule has 0 unspecified atom stereocenters. The summed E-state index contributed by atoms with van der Waals surface area (Å²) in [5.41, 5.74) is 2.39. The number of thioether (sulfide) groups is 1. The lowest BCUT2D eigenvalue weighted by atomic mass is 10.1. The van der Waals surface area contributed by atoms with Gasteiger partial charge in [-0.3, -0.25) is 14.9 Å². The van der Waals surface area contributed by atoms with Crippen molar-refractivity contribution in [2.75, 3.05) is 5.32 Å².